The Bertz CT molecular complexity index is 208. The van der Waals surface area contributed by atoms with Crippen molar-refractivity contribution in [2.45, 2.75) is 13.8 Å². The van der Waals surface area contributed by atoms with Crippen molar-refractivity contribution in [1.29, 1.82) is 0 Å². The Labute approximate surface area is 68.8 Å². The molecule has 0 heterocycles. The van der Waals surface area contributed by atoms with E-state index in [-0.39, 0.29) is 5.75 Å². The number of nitrogens with zero attached hydrogens (tertiary/aromatic N) is 1. The Morgan fingerprint density at radius 2 is 2.00 bits per heavy atom. The van der Waals surface area contributed by atoms with Gasteiger partial charge >= 0.3 is 0 Å². The van der Waals surface area contributed by atoms with E-state index >= 15 is 0 Å². The predicted molar refractivity (Wildman–Crippen MR) is 46.9 cm³/mol. The van der Waals surface area contributed by atoms with Crippen LogP contribution < -0.4 is 0 Å². The molecule has 0 aromatic carbocycles. The first-order valence-corrected chi connectivity index (χ1v) is 5.28. The molecule has 0 aliphatic carbocycles. The van der Waals surface area contributed by atoms with Crippen molar-refractivity contribution < 1.29 is 8.42 Å². The molecule has 66 valence electrons. The fourth-order valence-electron chi connectivity index (χ4n) is 0.766. The standard InChI is InChI=1S/C7H15NO2S/c1-4-7-8(5-2)11(9,10)6-3/h4H,1,5-7H2,2-3H3. The first-order chi connectivity index (χ1) is 5.08. The zero-order valence-corrected chi connectivity index (χ0v) is 7.89. The summed E-state index contributed by atoms with van der Waals surface area (Å²) in [7, 11) is -3.01. The van der Waals surface area contributed by atoms with Crippen LogP contribution in [0.15, 0.2) is 12.7 Å². The second-order valence-corrected chi connectivity index (χ2v) is 4.40. The average Bonchev–Trinajstić information content (AvgIpc) is 2.00. The van der Waals surface area contributed by atoms with E-state index in [2.05, 4.69) is 6.58 Å². The summed E-state index contributed by atoms with van der Waals surface area (Å²) < 4.78 is 23.8. The summed E-state index contributed by atoms with van der Waals surface area (Å²) in [6.07, 6.45) is 1.59. The number of rotatable bonds is 5. The van der Waals surface area contributed by atoms with Gasteiger partial charge in [0, 0.05) is 13.1 Å². The minimum Gasteiger partial charge on any atom is -0.212 e. The van der Waals surface area contributed by atoms with Gasteiger partial charge in [-0.15, -0.1) is 6.58 Å². The molecule has 0 saturated heterocycles. The third kappa shape index (κ3) is 3.03. The van der Waals surface area contributed by atoms with Crippen LogP contribution in [0, 0.1) is 0 Å². The molecule has 3 nitrogen and oxygen atoms in total. The normalized spacial score (nSPS) is 11.9. The lowest BCUT2D eigenvalue weighted by Gasteiger charge is -2.16. The summed E-state index contributed by atoms with van der Waals surface area (Å²) in [6.45, 7) is 7.87. The summed E-state index contributed by atoms with van der Waals surface area (Å²) in [6, 6.07) is 0. The van der Waals surface area contributed by atoms with Gasteiger partial charge in [-0.1, -0.05) is 13.0 Å². The molecule has 0 radical (unpaired) electrons. The maximum Gasteiger partial charge on any atom is 0.214 e. The molecular weight excluding hydrogens is 162 g/mol. The van der Waals surface area contributed by atoms with Crippen molar-refractivity contribution in [3.05, 3.63) is 12.7 Å². The van der Waals surface area contributed by atoms with Crippen molar-refractivity contribution in [3.8, 4) is 0 Å². The summed E-state index contributed by atoms with van der Waals surface area (Å²) in [5, 5.41) is 0. The summed E-state index contributed by atoms with van der Waals surface area (Å²) in [4.78, 5) is 0. The Hall–Kier alpha value is -0.350. The van der Waals surface area contributed by atoms with Gasteiger partial charge in [-0.2, -0.15) is 4.31 Å². The molecule has 0 unspecified atom stereocenters. The van der Waals surface area contributed by atoms with E-state index in [1.54, 1.807) is 13.0 Å². The van der Waals surface area contributed by atoms with E-state index in [9.17, 15) is 8.42 Å². The second kappa shape index (κ2) is 4.51. The molecule has 0 aromatic heterocycles. The van der Waals surface area contributed by atoms with E-state index in [0.717, 1.165) is 0 Å². The van der Waals surface area contributed by atoms with Crippen LogP contribution >= 0.6 is 0 Å². The first-order valence-electron chi connectivity index (χ1n) is 3.67. The third-order valence-electron chi connectivity index (χ3n) is 1.44. The van der Waals surface area contributed by atoms with E-state index in [4.69, 9.17) is 0 Å². The Morgan fingerprint density at radius 3 is 2.27 bits per heavy atom. The molecule has 0 spiro atoms. The lowest BCUT2D eigenvalue weighted by atomic mass is 10.6. The fraction of sp³-hybridized carbons (Fsp3) is 0.714. The lowest BCUT2D eigenvalue weighted by Crippen LogP contribution is -2.32. The molecule has 0 aliphatic rings. The summed E-state index contributed by atoms with van der Waals surface area (Å²) in [5.41, 5.74) is 0. The average molecular weight is 177 g/mol. The Kier molecular flexibility index (Phi) is 4.37. The number of hydrogen-bond acceptors (Lipinski definition) is 2. The van der Waals surface area contributed by atoms with Crippen LogP contribution in [0.1, 0.15) is 13.8 Å². The van der Waals surface area contributed by atoms with Crippen molar-refractivity contribution in [2.24, 2.45) is 0 Å². The van der Waals surface area contributed by atoms with Crippen molar-refractivity contribution in [3.63, 3.8) is 0 Å². The molecular formula is C7H15NO2S. The van der Waals surface area contributed by atoms with E-state index in [1.807, 2.05) is 6.92 Å². The zero-order chi connectivity index (χ0) is 8.91. The monoisotopic (exact) mass is 177 g/mol. The molecule has 0 atom stereocenters. The molecule has 0 aromatic rings. The number of hydrogen-bond donors (Lipinski definition) is 0. The first kappa shape index (κ1) is 10.7. The molecule has 0 aliphatic heterocycles. The van der Waals surface area contributed by atoms with Gasteiger partial charge in [0.25, 0.3) is 0 Å². The highest BCUT2D eigenvalue weighted by Gasteiger charge is 2.15. The van der Waals surface area contributed by atoms with Gasteiger partial charge in [0.1, 0.15) is 0 Å². The fourth-order valence-corrected chi connectivity index (χ4v) is 1.86. The molecule has 0 amide bonds. The Balaban J connectivity index is 4.36. The van der Waals surface area contributed by atoms with Gasteiger partial charge in [0.2, 0.25) is 10.0 Å². The number of sulfonamides is 1. The molecule has 0 fully saturated rings. The smallest absolute Gasteiger partial charge is 0.212 e. The molecule has 11 heavy (non-hydrogen) atoms. The SMILES string of the molecule is C=CCN(CC)S(=O)(=O)CC. The Morgan fingerprint density at radius 1 is 1.45 bits per heavy atom. The van der Waals surface area contributed by atoms with Crippen molar-refractivity contribution in [1.82, 2.24) is 4.31 Å². The second-order valence-electron chi connectivity index (χ2n) is 2.14. The highest BCUT2D eigenvalue weighted by atomic mass is 32.2. The van der Waals surface area contributed by atoms with Gasteiger partial charge in [-0.25, -0.2) is 8.42 Å². The van der Waals surface area contributed by atoms with Gasteiger partial charge in [0.15, 0.2) is 0 Å². The van der Waals surface area contributed by atoms with Gasteiger partial charge in [-0.3, -0.25) is 0 Å². The zero-order valence-electron chi connectivity index (χ0n) is 7.08. The van der Waals surface area contributed by atoms with E-state index in [0.29, 0.717) is 13.1 Å². The van der Waals surface area contributed by atoms with Gasteiger partial charge < -0.3 is 0 Å². The van der Waals surface area contributed by atoms with Crippen molar-refractivity contribution in [2.75, 3.05) is 18.8 Å². The molecule has 0 rings (SSSR count). The number of likely N-dealkylation sites (N-methyl/N-ethyl adjacent to an activating group) is 1. The maximum absolute atomic E-state index is 11.2. The highest BCUT2D eigenvalue weighted by molar-refractivity contribution is 7.89. The van der Waals surface area contributed by atoms with Gasteiger partial charge in [0.05, 0.1) is 5.75 Å². The van der Waals surface area contributed by atoms with Crippen LogP contribution in [0.25, 0.3) is 0 Å². The van der Waals surface area contributed by atoms with Crippen LogP contribution in [0.2, 0.25) is 0 Å². The molecule has 0 N–H and O–H groups in total. The lowest BCUT2D eigenvalue weighted by molar-refractivity contribution is 0.461. The van der Waals surface area contributed by atoms with Crippen LogP contribution in [-0.4, -0.2) is 31.6 Å². The summed E-state index contributed by atoms with van der Waals surface area (Å²) >= 11 is 0. The topological polar surface area (TPSA) is 37.4 Å². The van der Waals surface area contributed by atoms with Gasteiger partial charge in [-0.05, 0) is 6.92 Å². The maximum atomic E-state index is 11.2. The van der Waals surface area contributed by atoms with Crippen LogP contribution in [0.4, 0.5) is 0 Å². The van der Waals surface area contributed by atoms with Crippen molar-refractivity contribution >= 4 is 10.0 Å². The third-order valence-corrected chi connectivity index (χ3v) is 3.37. The molecule has 0 bridgehead atoms. The minimum absolute atomic E-state index is 0.161. The quantitative estimate of drug-likeness (QED) is 0.584. The van der Waals surface area contributed by atoms with E-state index < -0.39 is 10.0 Å². The van der Waals surface area contributed by atoms with Crippen LogP contribution in [0.3, 0.4) is 0 Å². The molecule has 0 saturated carbocycles. The van der Waals surface area contributed by atoms with E-state index in [1.165, 1.54) is 4.31 Å². The summed E-state index contributed by atoms with van der Waals surface area (Å²) in [5.74, 6) is 0.161. The molecule has 4 heteroatoms. The minimum atomic E-state index is -3.01. The van der Waals surface area contributed by atoms with Crippen LogP contribution in [-0.2, 0) is 10.0 Å². The highest BCUT2D eigenvalue weighted by Crippen LogP contribution is 1.99. The predicted octanol–water partition coefficient (Wildman–Crippen LogP) is 0.844. The largest absolute Gasteiger partial charge is 0.214 e. The van der Waals surface area contributed by atoms with Crippen LogP contribution in [0.5, 0.6) is 0 Å².